The lowest BCUT2D eigenvalue weighted by Crippen LogP contribution is -2.25. The maximum absolute atomic E-state index is 12.0. The minimum Gasteiger partial charge on any atom is -0.258 e. The summed E-state index contributed by atoms with van der Waals surface area (Å²) in [5, 5.41) is 23.3. The molecule has 0 unspecified atom stereocenters. The van der Waals surface area contributed by atoms with Crippen molar-refractivity contribution in [2.75, 3.05) is 0 Å². The zero-order chi connectivity index (χ0) is 25.5. The highest BCUT2D eigenvalue weighted by molar-refractivity contribution is 5.49. The fourth-order valence-electron chi connectivity index (χ4n) is 6.79. The minimum absolute atomic E-state index is 0.0533. The van der Waals surface area contributed by atoms with Crippen molar-refractivity contribution in [3.05, 3.63) is 79.4 Å². The van der Waals surface area contributed by atoms with Crippen LogP contribution in [0.3, 0.4) is 0 Å². The van der Waals surface area contributed by atoms with Crippen molar-refractivity contribution in [2.45, 2.75) is 96.3 Å². The number of para-hydroxylation sites is 1. The van der Waals surface area contributed by atoms with E-state index in [1.807, 2.05) is 12.1 Å². The van der Waals surface area contributed by atoms with Gasteiger partial charge in [-0.15, -0.1) is 0 Å². The van der Waals surface area contributed by atoms with Gasteiger partial charge in [0.25, 0.3) is 11.4 Å². The van der Waals surface area contributed by atoms with Crippen LogP contribution in [0.1, 0.15) is 107 Å². The summed E-state index contributed by atoms with van der Waals surface area (Å²) in [4.78, 5) is 22.7. The molecule has 0 bridgehead atoms. The van der Waals surface area contributed by atoms with Gasteiger partial charge in [-0.2, -0.15) is 0 Å². The number of nitro groups is 2. The van der Waals surface area contributed by atoms with Crippen LogP contribution in [-0.2, 0) is 6.42 Å². The predicted octanol–water partition coefficient (Wildman–Crippen LogP) is 8.75. The summed E-state index contributed by atoms with van der Waals surface area (Å²) >= 11 is 0. The van der Waals surface area contributed by atoms with Gasteiger partial charge < -0.3 is 0 Å². The average Bonchev–Trinajstić information content (AvgIpc) is 2.89. The zero-order valence-corrected chi connectivity index (χ0v) is 21.6. The summed E-state index contributed by atoms with van der Waals surface area (Å²) in [6.45, 7) is 2.27. The third-order valence-electron chi connectivity index (χ3n) is 8.86. The molecule has 2 aromatic rings. The van der Waals surface area contributed by atoms with Crippen molar-refractivity contribution in [1.82, 2.24) is 0 Å². The predicted molar refractivity (Wildman–Crippen MR) is 143 cm³/mol. The molecule has 2 aliphatic carbocycles. The fourth-order valence-corrected chi connectivity index (χ4v) is 6.79. The molecule has 2 aliphatic rings. The second-order valence-electron chi connectivity index (χ2n) is 11.1. The summed E-state index contributed by atoms with van der Waals surface area (Å²) in [7, 11) is 0. The van der Waals surface area contributed by atoms with Gasteiger partial charge in [-0.3, -0.25) is 20.2 Å². The highest BCUT2D eigenvalue weighted by atomic mass is 16.6. The molecule has 0 spiro atoms. The van der Waals surface area contributed by atoms with Crippen molar-refractivity contribution < 1.29 is 9.85 Å². The van der Waals surface area contributed by atoms with Crippen molar-refractivity contribution in [3.8, 4) is 0 Å². The quantitative estimate of drug-likeness (QED) is 0.188. The highest BCUT2D eigenvalue weighted by Gasteiger charge is 2.33. The van der Waals surface area contributed by atoms with Crippen LogP contribution >= 0.6 is 0 Å². The van der Waals surface area contributed by atoms with Gasteiger partial charge in [0.15, 0.2) is 0 Å². The van der Waals surface area contributed by atoms with E-state index >= 15 is 0 Å². The largest absolute Gasteiger partial charge is 0.273 e. The Labute approximate surface area is 214 Å². The standard InChI is InChI=1S/C30H40N2O4/c1-2-3-4-7-22-10-13-24(14-11-22)25-15-17-26(18-16-25)28-19-12-23(21-30(28)32(35)36)20-27-8-5-6-9-29(27)31(33)34/h5-6,8-9,12,19,21-22,24-26H,2-4,7,10-11,13-18,20H2,1H3. The Morgan fingerprint density at radius 3 is 2.06 bits per heavy atom. The first-order valence-electron chi connectivity index (χ1n) is 14.0. The number of nitro benzene ring substituents is 2. The first kappa shape index (κ1) is 26.3. The first-order valence-corrected chi connectivity index (χ1v) is 14.0. The number of rotatable bonds is 10. The normalized spacial score (nSPS) is 24.4. The molecular weight excluding hydrogens is 452 g/mol. The summed E-state index contributed by atoms with van der Waals surface area (Å²) in [5.74, 6) is 2.77. The monoisotopic (exact) mass is 492 g/mol. The maximum Gasteiger partial charge on any atom is 0.273 e. The van der Waals surface area contributed by atoms with Crippen LogP contribution < -0.4 is 0 Å². The molecule has 0 atom stereocenters. The topological polar surface area (TPSA) is 86.3 Å². The molecule has 0 aliphatic heterocycles. The fraction of sp³-hybridized carbons (Fsp3) is 0.600. The van der Waals surface area contributed by atoms with Gasteiger partial charge in [-0.05, 0) is 67.8 Å². The van der Waals surface area contributed by atoms with E-state index in [1.165, 1.54) is 70.3 Å². The van der Waals surface area contributed by atoms with Crippen LogP contribution in [0.15, 0.2) is 42.5 Å². The molecule has 36 heavy (non-hydrogen) atoms. The van der Waals surface area contributed by atoms with E-state index in [9.17, 15) is 20.2 Å². The molecule has 0 saturated heterocycles. The molecule has 0 heterocycles. The van der Waals surface area contributed by atoms with E-state index in [1.54, 1.807) is 24.3 Å². The van der Waals surface area contributed by atoms with E-state index in [0.29, 0.717) is 12.0 Å². The third kappa shape index (κ3) is 6.51. The van der Waals surface area contributed by atoms with Gasteiger partial charge >= 0.3 is 0 Å². The maximum atomic E-state index is 12.0. The number of hydrogen-bond acceptors (Lipinski definition) is 4. The van der Waals surface area contributed by atoms with E-state index in [4.69, 9.17) is 0 Å². The van der Waals surface area contributed by atoms with E-state index < -0.39 is 4.92 Å². The van der Waals surface area contributed by atoms with Gasteiger partial charge in [0.1, 0.15) is 0 Å². The van der Waals surface area contributed by atoms with Crippen molar-refractivity contribution in [2.24, 2.45) is 17.8 Å². The molecule has 4 rings (SSSR count). The molecule has 2 aromatic carbocycles. The van der Waals surface area contributed by atoms with Crippen LogP contribution in [0.25, 0.3) is 0 Å². The zero-order valence-electron chi connectivity index (χ0n) is 21.6. The Morgan fingerprint density at radius 1 is 0.778 bits per heavy atom. The summed E-state index contributed by atoms with van der Waals surface area (Å²) < 4.78 is 0. The lowest BCUT2D eigenvalue weighted by Gasteiger charge is -2.38. The Morgan fingerprint density at radius 2 is 1.42 bits per heavy atom. The van der Waals surface area contributed by atoms with Gasteiger partial charge in [-0.1, -0.05) is 75.8 Å². The minimum atomic E-state index is -0.393. The van der Waals surface area contributed by atoms with E-state index in [0.717, 1.165) is 41.7 Å². The molecule has 194 valence electrons. The molecule has 2 saturated carbocycles. The van der Waals surface area contributed by atoms with Crippen molar-refractivity contribution in [1.29, 1.82) is 0 Å². The van der Waals surface area contributed by atoms with E-state index in [-0.39, 0.29) is 22.2 Å². The van der Waals surface area contributed by atoms with Crippen LogP contribution in [0, 0.1) is 38.0 Å². The highest BCUT2D eigenvalue weighted by Crippen LogP contribution is 2.46. The molecule has 0 aromatic heterocycles. The molecule has 0 radical (unpaired) electrons. The SMILES string of the molecule is CCCCCC1CCC(C2CCC(c3ccc(Cc4ccccc4[N+](=O)[O-])cc3[N+](=O)[O-])CC2)CC1. The Bertz CT molecular complexity index is 1040. The molecule has 2 fully saturated rings. The summed E-state index contributed by atoms with van der Waals surface area (Å²) in [6, 6.07) is 12.1. The van der Waals surface area contributed by atoms with Gasteiger partial charge in [0.2, 0.25) is 0 Å². The van der Waals surface area contributed by atoms with Crippen LogP contribution in [0.4, 0.5) is 11.4 Å². The van der Waals surface area contributed by atoms with E-state index in [2.05, 4.69) is 6.92 Å². The second kappa shape index (κ2) is 12.5. The lowest BCUT2D eigenvalue weighted by molar-refractivity contribution is -0.386. The Hall–Kier alpha value is -2.76. The molecular formula is C30H40N2O4. The molecule has 6 heteroatoms. The second-order valence-corrected chi connectivity index (χ2v) is 11.1. The summed E-state index contributed by atoms with van der Waals surface area (Å²) in [5.41, 5.74) is 2.37. The van der Waals surface area contributed by atoms with Crippen LogP contribution in [-0.4, -0.2) is 9.85 Å². The Balaban J connectivity index is 1.36. The summed E-state index contributed by atoms with van der Waals surface area (Å²) in [6.07, 6.45) is 15.7. The van der Waals surface area contributed by atoms with Crippen molar-refractivity contribution >= 4 is 11.4 Å². The van der Waals surface area contributed by atoms with Gasteiger partial charge in [0.05, 0.1) is 9.85 Å². The van der Waals surface area contributed by atoms with Crippen LogP contribution in [0.5, 0.6) is 0 Å². The van der Waals surface area contributed by atoms with Crippen LogP contribution in [0.2, 0.25) is 0 Å². The lowest BCUT2D eigenvalue weighted by atomic mass is 9.67. The molecule has 0 amide bonds. The van der Waals surface area contributed by atoms with Gasteiger partial charge in [0, 0.05) is 29.7 Å². The molecule has 6 nitrogen and oxygen atoms in total. The van der Waals surface area contributed by atoms with Gasteiger partial charge in [-0.25, -0.2) is 0 Å². The number of hydrogen-bond donors (Lipinski definition) is 0. The third-order valence-corrected chi connectivity index (χ3v) is 8.86. The number of benzene rings is 2. The molecule has 0 N–H and O–H groups in total. The average molecular weight is 493 g/mol. The number of unbranched alkanes of at least 4 members (excludes halogenated alkanes) is 2. The van der Waals surface area contributed by atoms with Crippen molar-refractivity contribution in [3.63, 3.8) is 0 Å². The Kier molecular flexibility index (Phi) is 9.11. The first-order chi connectivity index (χ1) is 17.5. The number of nitrogens with zero attached hydrogens (tertiary/aromatic N) is 2. The smallest absolute Gasteiger partial charge is 0.258 e.